The van der Waals surface area contributed by atoms with Crippen LogP contribution in [0.15, 0.2) is 12.5 Å². The highest BCUT2D eigenvalue weighted by Crippen LogP contribution is 2.43. The third-order valence-corrected chi connectivity index (χ3v) is 5.69. The summed E-state index contributed by atoms with van der Waals surface area (Å²) >= 11 is 0. The van der Waals surface area contributed by atoms with Crippen molar-refractivity contribution in [3.8, 4) is 17.5 Å². The Hall–Kier alpha value is -2.79. The molecule has 0 bridgehead atoms. The number of H-pyrrole nitrogens is 1. The van der Waals surface area contributed by atoms with Gasteiger partial charge in [0, 0.05) is 18.9 Å². The molecule has 2 aliphatic carbocycles. The van der Waals surface area contributed by atoms with E-state index < -0.39 is 0 Å². The molecule has 0 aliphatic heterocycles. The van der Waals surface area contributed by atoms with Gasteiger partial charge in [-0.25, -0.2) is 9.97 Å². The van der Waals surface area contributed by atoms with Gasteiger partial charge in [0.25, 0.3) is 0 Å². The van der Waals surface area contributed by atoms with Crippen molar-refractivity contribution >= 4 is 11.0 Å². The molecule has 0 radical (unpaired) electrons. The van der Waals surface area contributed by atoms with Crippen molar-refractivity contribution in [3.63, 3.8) is 0 Å². The quantitative estimate of drug-likeness (QED) is 0.776. The normalized spacial score (nSPS) is 20.2. The van der Waals surface area contributed by atoms with E-state index in [4.69, 9.17) is 14.9 Å². The molecule has 3 aromatic rings. The van der Waals surface area contributed by atoms with Crippen molar-refractivity contribution in [2.24, 2.45) is 5.92 Å². The molecular weight excluding hydrogens is 330 g/mol. The van der Waals surface area contributed by atoms with Gasteiger partial charge in [-0.15, -0.1) is 0 Å². The predicted molar refractivity (Wildman–Crippen MR) is 93.0 cm³/mol. The maximum Gasteiger partial charge on any atom is 0.141 e. The van der Waals surface area contributed by atoms with Crippen molar-refractivity contribution < 1.29 is 4.74 Å². The van der Waals surface area contributed by atoms with Gasteiger partial charge in [-0.05, 0) is 18.8 Å². The van der Waals surface area contributed by atoms with E-state index in [9.17, 15) is 5.26 Å². The second kappa shape index (κ2) is 5.88. The van der Waals surface area contributed by atoms with Gasteiger partial charge in [-0.3, -0.25) is 0 Å². The van der Waals surface area contributed by atoms with Crippen molar-refractivity contribution in [3.05, 3.63) is 23.8 Å². The van der Waals surface area contributed by atoms with E-state index >= 15 is 0 Å². The number of hydrogen-bond donors (Lipinski definition) is 1. The van der Waals surface area contributed by atoms with Crippen LogP contribution in [0.3, 0.4) is 0 Å². The number of methoxy groups -OCH3 is 1. The Balaban J connectivity index is 1.67. The molecule has 132 valence electrons. The zero-order chi connectivity index (χ0) is 17.7. The molecule has 5 rings (SSSR count). The third-order valence-electron chi connectivity index (χ3n) is 5.69. The highest BCUT2D eigenvalue weighted by molar-refractivity contribution is 5.95. The van der Waals surface area contributed by atoms with Crippen LogP contribution in [0.25, 0.3) is 22.4 Å². The second-order valence-corrected chi connectivity index (χ2v) is 7.03. The number of fused-ring (bicyclic) bond motifs is 2. The van der Waals surface area contributed by atoms with Crippen molar-refractivity contribution in [1.29, 1.82) is 5.26 Å². The fraction of sp³-hybridized carbons (Fsp3) is 0.500. The van der Waals surface area contributed by atoms with E-state index in [1.54, 1.807) is 11.9 Å². The molecule has 2 atom stereocenters. The molecular formula is C18H19N7O. The minimum absolute atomic E-state index is 0.00357. The molecule has 0 amide bonds. The number of hydrogen-bond acceptors (Lipinski definition) is 6. The lowest BCUT2D eigenvalue weighted by atomic mass is 9.96. The minimum atomic E-state index is -0.308. The van der Waals surface area contributed by atoms with Gasteiger partial charge >= 0.3 is 0 Å². The van der Waals surface area contributed by atoms with Crippen LogP contribution in [0, 0.1) is 17.2 Å². The van der Waals surface area contributed by atoms with Crippen molar-refractivity contribution in [1.82, 2.24) is 29.9 Å². The fourth-order valence-corrected chi connectivity index (χ4v) is 4.46. The summed E-state index contributed by atoms with van der Waals surface area (Å²) in [7, 11) is 1.67. The Bertz CT molecular complexity index is 1010. The first-order valence-electron chi connectivity index (χ1n) is 9.00. The molecule has 8 nitrogen and oxygen atoms in total. The first-order chi connectivity index (χ1) is 12.8. The van der Waals surface area contributed by atoms with E-state index in [1.165, 1.54) is 19.2 Å². The summed E-state index contributed by atoms with van der Waals surface area (Å²) in [5, 5.41) is 19.8. The molecule has 0 aromatic carbocycles. The lowest BCUT2D eigenvalue weighted by Crippen LogP contribution is -2.20. The maximum atomic E-state index is 9.32. The summed E-state index contributed by atoms with van der Waals surface area (Å²) in [5.41, 5.74) is 4.03. The number of aromatic amines is 1. The molecule has 2 unspecified atom stereocenters. The minimum Gasteiger partial charge on any atom is -0.370 e. The highest BCUT2D eigenvalue weighted by Gasteiger charge is 2.36. The maximum absolute atomic E-state index is 9.32. The number of nitrogens with zero attached hydrogens (tertiary/aromatic N) is 6. The van der Waals surface area contributed by atoms with E-state index in [-0.39, 0.29) is 12.1 Å². The Kier molecular flexibility index (Phi) is 3.50. The second-order valence-electron chi connectivity index (χ2n) is 7.03. The summed E-state index contributed by atoms with van der Waals surface area (Å²) in [4.78, 5) is 13.7. The Morgan fingerprint density at radius 2 is 2.15 bits per heavy atom. The predicted octanol–water partition coefficient (Wildman–Crippen LogP) is 2.91. The van der Waals surface area contributed by atoms with Gasteiger partial charge in [0.2, 0.25) is 0 Å². The number of rotatable bonds is 4. The molecule has 3 heterocycles. The van der Waals surface area contributed by atoms with Crippen molar-refractivity contribution in [2.75, 3.05) is 7.11 Å². The summed E-state index contributed by atoms with van der Waals surface area (Å²) in [5.74, 6) is 0.453. The SMILES string of the molecule is COC1c2nn(C(CC#N)C3CCCC3)nc2-c2ncnc3[nH]cc1c23. The van der Waals surface area contributed by atoms with E-state index in [2.05, 4.69) is 21.0 Å². The largest absolute Gasteiger partial charge is 0.370 e. The van der Waals surface area contributed by atoms with Gasteiger partial charge in [0.15, 0.2) is 0 Å². The molecule has 1 N–H and O–H groups in total. The topological polar surface area (TPSA) is 105 Å². The summed E-state index contributed by atoms with van der Waals surface area (Å²) in [6.45, 7) is 0. The first-order valence-corrected chi connectivity index (χ1v) is 9.00. The Morgan fingerprint density at radius 3 is 2.92 bits per heavy atom. The zero-order valence-corrected chi connectivity index (χ0v) is 14.5. The van der Waals surface area contributed by atoms with Gasteiger partial charge < -0.3 is 9.72 Å². The van der Waals surface area contributed by atoms with Crippen LogP contribution in [0.5, 0.6) is 0 Å². The van der Waals surface area contributed by atoms with E-state index in [0.29, 0.717) is 12.3 Å². The number of nitriles is 1. The van der Waals surface area contributed by atoms with Crippen LogP contribution in [-0.2, 0) is 4.74 Å². The Morgan fingerprint density at radius 1 is 1.31 bits per heavy atom. The van der Waals surface area contributed by atoms with E-state index in [1.807, 2.05) is 6.20 Å². The van der Waals surface area contributed by atoms with Crippen LogP contribution >= 0.6 is 0 Å². The molecule has 0 saturated heterocycles. The first kappa shape index (κ1) is 15.5. The molecule has 1 fully saturated rings. The standard InChI is InChI=1S/C18H19N7O/c1-26-17-11-8-20-18-13(11)14(21-9-22-18)15-16(17)24-25(23-15)12(6-7-19)10-4-2-3-5-10/h8-10,12,17H,2-6H2,1H3,(H,20,21,22). The fourth-order valence-electron chi connectivity index (χ4n) is 4.46. The molecule has 8 heteroatoms. The molecule has 0 spiro atoms. The molecule has 1 saturated carbocycles. The highest BCUT2D eigenvalue weighted by atomic mass is 16.5. The average molecular weight is 349 g/mol. The number of ether oxygens (including phenoxy) is 1. The van der Waals surface area contributed by atoms with Gasteiger partial charge in [0.05, 0.1) is 23.9 Å². The smallest absolute Gasteiger partial charge is 0.141 e. The zero-order valence-electron chi connectivity index (χ0n) is 14.5. The van der Waals surface area contributed by atoms with Gasteiger partial charge in [-0.2, -0.15) is 20.3 Å². The lowest BCUT2D eigenvalue weighted by molar-refractivity contribution is 0.132. The van der Waals surface area contributed by atoms with Crippen molar-refractivity contribution in [2.45, 2.75) is 44.2 Å². The van der Waals surface area contributed by atoms with Crippen LogP contribution in [0.2, 0.25) is 0 Å². The van der Waals surface area contributed by atoms with Gasteiger partial charge in [-0.1, -0.05) is 12.8 Å². The molecule has 3 aromatic heterocycles. The van der Waals surface area contributed by atoms with Crippen LogP contribution in [-0.4, -0.2) is 37.1 Å². The van der Waals surface area contributed by atoms with Gasteiger partial charge in [0.1, 0.15) is 35.2 Å². The molecule has 26 heavy (non-hydrogen) atoms. The number of nitrogens with one attached hydrogen (secondary N) is 1. The lowest BCUT2D eigenvalue weighted by Gasteiger charge is -2.20. The average Bonchev–Trinajstić information content (AvgIpc) is 3.40. The van der Waals surface area contributed by atoms with Crippen LogP contribution in [0.4, 0.5) is 0 Å². The summed E-state index contributed by atoms with van der Waals surface area (Å²) < 4.78 is 5.75. The Labute approximate surface area is 150 Å². The van der Waals surface area contributed by atoms with Crippen LogP contribution in [0.1, 0.15) is 55.5 Å². The summed E-state index contributed by atoms with van der Waals surface area (Å²) in [6, 6.07) is 2.32. The third kappa shape index (κ3) is 2.10. The monoisotopic (exact) mass is 349 g/mol. The summed E-state index contributed by atoms with van der Waals surface area (Å²) in [6.07, 6.45) is 8.24. The number of aromatic nitrogens is 6. The molecule has 2 aliphatic rings. The van der Waals surface area contributed by atoms with E-state index in [0.717, 1.165) is 46.5 Å². The van der Waals surface area contributed by atoms with Crippen LogP contribution < -0.4 is 0 Å².